The number of anilines is 1. The van der Waals surface area contributed by atoms with Gasteiger partial charge in [0.15, 0.2) is 5.82 Å². The minimum atomic E-state index is -0.497. The Hall–Kier alpha value is -3.30. The third-order valence-electron chi connectivity index (χ3n) is 5.09. The van der Waals surface area contributed by atoms with Crippen LogP contribution in [0.4, 0.5) is 14.9 Å². The van der Waals surface area contributed by atoms with Gasteiger partial charge in [-0.3, -0.25) is 5.10 Å². The van der Waals surface area contributed by atoms with Crippen LogP contribution in [0.15, 0.2) is 30.5 Å². The van der Waals surface area contributed by atoms with E-state index in [1.165, 1.54) is 6.07 Å². The van der Waals surface area contributed by atoms with Crippen LogP contribution in [0.2, 0.25) is 0 Å². The number of rotatable bonds is 4. The Morgan fingerprint density at radius 1 is 1.31 bits per heavy atom. The van der Waals surface area contributed by atoms with Gasteiger partial charge in [-0.15, -0.1) is 5.10 Å². The van der Waals surface area contributed by atoms with E-state index in [4.69, 9.17) is 0 Å². The largest absolute Gasteiger partial charge is 0.322 e. The molecule has 1 unspecified atom stereocenters. The van der Waals surface area contributed by atoms with Crippen molar-refractivity contribution in [2.75, 3.05) is 11.9 Å². The van der Waals surface area contributed by atoms with E-state index in [1.807, 2.05) is 19.9 Å². The average molecular weight is 398 g/mol. The normalized spacial score (nSPS) is 17.0. The molecule has 2 aromatic heterocycles. The third kappa shape index (κ3) is 3.82. The molecule has 0 aliphatic carbocycles. The summed E-state index contributed by atoms with van der Waals surface area (Å²) in [5.41, 5.74) is 1.57. The average Bonchev–Trinajstić information content (AvgIpc) is 3.40. The first-order valence-corrected chi connectivity index (χ1v) is 9.69. The number of amides is 2. The second-order valence-electron chi connectivity index (χ2n) is 7.38. The first-order chi connectivity index (χ1) is 14.0. The summed E-state index contributed by atoms with van der Waals surface area (Å²) >= 11 is 0. The van der Waals surface area contributed by atoms with Crippen molar-refractivity contribution in [1.29, 1.82) is 0 Å². The molecular formula is C19H23FN8O. The molecule has 1 aliphatic heterocycles. The Bertz CT molecular complexity index is 984. The quantitative estimate of drug-likeness (QED) is 0.699. The Balaban J connectivity index is 1.53. The summed E-state index contributed by atoms with van der Waals surface area (Å²) in [6, 6.07) is 6.08. The molecule has 1 saturated heterocycles. The fourth-order valence-corrected chi connectivity index (χ4v) is 3.64. The number of nitrogens with zero attached hydrogens (tertiary/aromatic N) is 6. The number of benzene rings is 1. The van der Waals surface area contributed by atoms with Gasteiger partial charge in [-0.1, -0.05) is 0 Å². The molecule has 0 radical (unpaired) electrons. The van der Waals surface area contributed by atoms with Gasteiger partial charge in [0.2, 0.25) is 0 Å². The summed E-state index contributed by atoms with van der Waals surface area (Å²) in [5.74, 6) is -0.144. The van der Waals surface area contributed by atoms with Gasteiger partial charge in [0.05, 0.1) is 23.3 Å². The van der Waals surface area contributed by atoms with E-state index in [1.54, 1.807) is 27.9 Å². The van der Waals surface area contributed by atoms with Crippen LogP contribution in [0, 0.1) is 5.82 Å². The van der Waals surface area contributed by atoms with Gasteiger partial charge in [0.25, 0.3) is 0 Å². The fourth-order valence-electron chi connectivity index (χ4n) is 3.64. The maximum atomic E-state index is 14.8. The van der Waals surface area contributed by atoms with Crippen LogP contribution in [-0.2, 0) is 0 Å². The summed E-state index contributed by atoms with van der Waals surface area (Å²) in [6.07, 6.45) is 4.52. The predicted molar refractivity (Wildman–Crippen MR) is 105 cm³/mol. The first-order valence-electron chi connectivity index (χ1n) is 9.69. The molecule has 0 bridgehead atoms. The van der Waals surface area contributed by atoms with E-state index in [-0.39, 0.29) is 23.7 Å². The molecule has 4 rings (SSSR count). The lowest BCUT2D eigenvalue weighted by Gasteiger charge is -2.35. The molecule has 10 heteroatoms. The minimum Gasteiger partial charge on any atom is -0.316 e. The molecule has 3 aromatic rings. The van der Waals surface area contributed by atoms with Gasteiger partial charge in [-0.2, -0.15) is 5.10 Å². The minimum absolute atomic E-state index is 0.00250. The van der Waals surface area contributed by atoms with Crippen LogP contribution in [0.5, 0.6) is 0 Å². The number of nitrogens with one attached hydrogen (secondary N) is 2. The molecular weight excluding hydrogens is 375 g/mol. The lowest BCUT2D eigenvalue weighted by Crippen LogP contribution is -2.41. The Morgan fingerprint density at radius 3 is 2.90 bits per heavy atom. The highest BCUT2D eigenvalue weighted by Crippen LogP contribution is 2.31. The zero-order valence-corrected chi connectivity index (χ0v) is 16.3. The van der Waals surface area contributed by atoms with Gasteiger partial charge < -0.3 is 10.2 Å². The lowest BCUT2D eigenvalue weighted by atomic mass is 10.00. The van der Waals surface area contributed by atoms with Crippen molar-refractivity contribution in [3.63, 3.8) is 0 Å². The number of piperidine rings is 1. The Labute approximate surface area is 167 Å². The predicted octanol–water partition coefficient (Wildman–Crippen LogP) is 3.54. The smallest absolute Gasteiger partial charge is 0.316 e. The van der Waals surface area contributed by atoms with Crippen molar-refractivity contribution in [3.05, 3.63) is 42.0 Å². The zero-order chi connectivity index (χ0) is 20.4. The molecule has 1 aromatic carbocycles. The maximum absolute atomic E-state index is 14.8. The van der Waals surface area contributed by atoms with Crippen LogP contribution in [0.1, 0.15) is 50.9 Å². The Kier molecular flexibility index (Phi) is 5.24. The summed E-state index contributed by atoms with van der Waals surface area (Å²) in [7, 11) is 0. The Morgan fingerprint density at radius 2 is 2.17 bits per heavy atom. The van der Waals surface area contributed by atoms with Crippen molar-refractivity contribution in [2.24, 2.45) is 0 Å². The molecule has 152 valence electrons. The SMILES string of the molecule is CC(C)n1nnnc1-c1ccc(NC(=O)N2CCCCC2c2ccn[nH]2)cc1F. The van der Waals surface area contributed by atoms with Crippen molar-refractivity contribution in [2.45, 2.75) is 45.2 Å². The molecule has 1 atom stereocenters. The number of urea groups is 1. The highest BCUT2D eigenvalue weighted by atomic mass is 19.1. The number of H-pyrrole nitrogens is 1. The van der Waals surface area contributed by atoms with E-state index < -0.39 is 5.82 Å². The second-order valence-corrected chi connectivity index (χ2v) is 7.38. The molecule has 1 fully saturated rings. The summed E-state index contributed by atoms with van der Waals surface area (Å²) in [5, 5.41) is 21.2. The standard InChI is InChI=1S/C19H23FN8O/c1-12(2)28-18(24-25-26-28)14-7-6-13(11-15(14)20)22-19(29)27-10-4-3-5-17(27)16-8-9-21-23-16/h6-9,11-12,17H,3-5,10H2,1-2H3,(H,21,23)(H,22,29). The maximum Gasteiger partial charge on any atom is 0.322 e. The number of aromatic nitrogens is 6. The third-order valence-corrected chi connectivity index (χ3v) is 5.09. The molecule has 2 N–H and O–H groups in total. The molecule has 1 aliphatic rings. The van der Waals surface area contributed by atoms with Crippen molar-refractivity contribution >= 4 is 11.7 Å². The topological polar surface area (TPSA) is 105 Å². The number of carbonyl (C=O) groups is 1. The van der Waals surface area contributed by atoms with E-state index in [0.717, 1.165) is 25.0 Å². The number of likely N-dealkylation sites (tertiary alicyclic amines) is 1. The first kappa shape index (κ1) is 19.0. The van der Waals surface area contributed by atoms with Crippen molar-refractivity contribution in [1.82, 2.24) is 35.3 Å². The van der Waals surface area contributed by atoms with Gasteiger partial charge in [0.1, 0.15) is 5.82 Å². The number of aromatic amines is 1. The zero-order valence-electron chi connectivity index (χ0n) is 16.3. The van der Waals surface area contributed by atoms with Crippen molar-refractivity contribution in [3.8, 4) is 11.4 Å². The summed E-state index contributed by atoms with van der Waals surface area (Å²) < 4.78 is 16.3. The lowest BCUT2D eigenvalue weighted by molar-refractivity contribution is 0.161. The van der Waals surface area contributed by atoms with Crippen molar-refractivity contribution < 1.29 is 9.18 Å². The molecule has 9 nitrogen and oxygen atoms in total. The van der Waals surface area contributed by atoms with Crippen LogP contribution >= 0.6 is 0 Å². The number of halogens is 1. The number of hydrogen-bond acceptors (Lipinski definition) is 5. The van der Waals surface area contributed by atoms with E-state index in [0.29, 0.717) is 18.1 Å². The number of carbonyl (C=O) groups excluding carboxylic acids is 1. The summed E-state index contributed by atoms with van der Waals surface area (Å²) in [6.45, 7) is 4.47. The molecule has 0 saturated carbocycles. The second kappa shape index (κ2) is 7.98. The number of tetrazole rings is 1. The van der Waals surface area contributed by atoms with E-state index in [9.17, 15) is 9.18 Å². The van der Waals surface area contributed by atoms with Crippen LogP contribution in [0.25, 0.3) is 11.4 Å². The van der Waals surface area contributed by atoms with Crippen LogP contribution in [-0.4, -0.2) is 47.9 Å². The van der Waals surface area contributed by atoms with Gasteiger partial charge in [-0.25, -0.2) is 13.9 Å². The van der Waals surface area contributed by atoms with E-state index in [2.05, 4.69) is 31.0 Å². The highest BCUT2D eigenvalue weighted by molar-refractivity contribution is 5.90. The molecule has 29 heavy (non-hydrogen) atoms. The van der Waals surface area contributed by atoms with Gasteiger partial charge >= 0.3 is 6.03 Å². The molecule has 2 amide bonds. The number of hydrogen-bond donors (Lipinski definition) is 2. The molecule has 3 heterocycles. The van der Waals surface area contributed by atoms with Crippen LogP contribution in [0.3, 0.4) is 0 Å². The van der Waals surface area contributed by atoms with Crippen LogP contribution < -0.4 is 5.32 Å². The van der Waals surface area contributed by atoms with Gasteiger partial charge in [-0.05, 0) is 67.8 Å². The molecule has 0 spiro atoms. The fraction of sp³-hybridized carbons (Fsp3) is 0.421. The highest BCUT2D eigenvalue weighted by Gasteiger charge is 2.29. The monoisotopic (exact) mass is 398 g/mol. The van der Waals surface area contributed by atoms with E-state index >= 15 is 0 Å². The summed E-state index contributed by atoms with van der Waals surface area (Å²) in [4.78, 5) is 14.6. The van der Waals surface area contributed by atoms with Gasteiger partial charge in [0, 0.05) is 18.4 Å².